The van der Waals surface area contributed by atoms with Gasteiger partial charge in [-0.2, -0.15) is 55.8 Å². The number of dihydropyridines is 5. The molecule has 5 aromatic rings. The van der Waals surface area contributed by atoms with Gasteiger partial charge in [0.2, 0.25) is 41.0 Å². The Kier molecular flexibility index (Phi) is 34.6. The van der Waals surface area contributed by atoms with Crippen LogP contribution >= 0.6 is 133 Å². The predicted octanol–water partition coefficient (Wildman–Crippen LogP) is 19.5. The van der Waals surface area contributed by atoms with Crippen LogP contribution in [0.5, 0.6) is 28.7 Å². The van der Waals surface area contributed by atoms with E-state index in [1.807, 2.05) is 0 Å². The van der Waals surface area contributed by atoms with E-state index in [0.29, 0.717) is 75.5 Å². The first-order valence-corrected chi connectivity index (χ1v) is 52.4. The van der Waals surface area contributed by atoms with E-state index in [9.17, 15) is 71.9 Å². The highest BCUT2D eigenvalue weighted by molar-refractivity contribution is 9.11. The number of benzene rings is 5. The third kappa shape index (κ3) is 25.4. The number of aliphatic imine (C=N–C) groups is 5. The number of hydrogen-bond acceptors (Lipinski definition) is 31. The minimum Gasteiger partial charge on any atom is -0.437 e. The van der Waals surface area contributed by atoms with E-state index >= 15 is 0 Å². The van der Waals surface area contributed by atoms with Crippen LogP contribution in [0.4, 0.5) is 28.4 Å². The first-order chi connectivity index (χ1) is 70.7. The lowest BCUT2D eigenvalue weighted by Crippen LogP contribution is -2.36. The van der Waals surface area contributed by atoms with Crippen LogP contribution in [0.1, 0.15) is 169 Å². The number of anilines is 5. The minimum atomic E-state index is -0.601. The molecular formula is C102H86Br4Cl6N16O20. The fourth-order valence-corrected chi connectivity index (χ4v) is 21.7. The fourth-order valence-electron chi connectivity index (χ4n) is 17.4. The van der Waals surface area contributed by atoms with Crippen LogP contribution in [0, 0.1) is 40.9 Å². The molecule has 0 aromatic heterocycles. The number of carbonyl (C=O) groups excluding carboxylic acids is 15. The van der Waals surface area contributed by atoms with Crippen molar-refractivity contribution in [1.82, 2.24) is 0 Å². The molecule has 0 saturated heterocycles. The summed E-state index contributed by atoms with van der Waals surface area (Å²) in [6.07, 6.45) is 25.0. The summed E-state index contributed by atoms with van der Waals surface area (Å²) in [6.45, 7) is 6.47. The van der Waals surface area contributed by atoms with Gasteiger partial charge in [-0.3, -0.25) is 71.9 Å². The molecule has 15 aliphatic rings. The van der Waals surface area contributed by atoms with Gasteiger partial charge >= 0.3 is 0 Å². The van der Waals surface area contributed by atoms with Gasteiger partial charge in [0.25, 0.3) is 29.5 Å². The van der Waals surface area contributed by atoms with Gasteiger partial charge in [-0.15, -0.1) is 0 Å². The second-order valence-electron chi connectivity index (χ2n) is 36.3. The molecule has 36 nitrogen and oxygen atoms in total. The maximum atomic E-state index is 12.4. The van der Waals surface area contributed by atoms with Gasteiger partial charge in [0.15, 0.2) is 80.8 Å². The summed E-state index contributed by atoms with van der Waals surface area (Å²) < 4.78 is 31.5. The molecule has 148 heavy (non-hydrogen) atoms. The zero-order chi connectivity index (χ0) is 106. The minimum absolute atomic E-state index is 0.00813. The highest BCUT2D eigenvalue weighted by Crippen LogP contribution is 2.48. The lowest BCUT2D eigenvalue weighted by molar-refractivity contribution is -0.126. The van der Waals surface area contributed by atoms with Crippen molar-refractivity contribution < 1.29 is 95.6 Å². The smallest absolute Gasteiger partial charge is 0.255 e. The molecule has 5 fully saturated rings. The number of halogens is 10. The average molecular weight is 2390 g/mol. The molecule has 0 unspecified atom stereocenters. The second-order valence-corrected chi connectivity index (χ2v) is 42.1. The van der Waals surface area contributed by atoms with Gasteiger partial charge in [0, 0.05) is 58.2 Å². The zero-order valence-corrected chi connectivity index (χ0v) is 90.1. The van der Waals surface area contributed by atoms with Crippen LogP contribution in [0.15, 0.2) is 187 Å². The Morgan fingerprint density at radius 2 is 0.473 bits per heavy atom. The monoisotopic (exact) mass is 2380 g/mol. The van der Waals surface area contributed by atoms with Gasteiger partial charge in [-0.05, 0) is 246 Å². The summed E-state index contributed by atoms with van der Waals surface area (Å²) in [5.41, 5.74) is 6.27. The first-order valence-electron chi connectivity index (χ1n) is 47.0. The summed E-state index contributed by atoms with van der Waals surface area (Å²) in [5, 5.41) is 35.5. The van der Waals surface area contributed by atoms with E-state index < -0.39 is 41.7 Å². The topological polar surface area (TPSA) is 466 Å². The molecule has 0 N–H and O–H groups in total. The maximum Gasteiger partial charge on any atom is 0.255 e. The van der Waals surface area contributed by atoms with E-state index in [2.05, 4.69) is 114 Å². The van der Waals surface area contributed by atoms with Crippen molar-refractivity contribution in [3.63, 3.8) is 0 Å². The number of amides is 5. The van der Waals surface area contributed by atoms with E-state index in [-0.39, 0.29) is 228 Å². The van der Waals surface area contributed by atoms with Gasteiger partial charge < -0.3 is 23.7 Å². The molecule has 20 rings (SSSR count). The van der Waals surface area contributed by atoms with Gasteiger partial charge in [0.1, 0.15) is 61.6 Å². The average Bonchev–Trinajstić information content (AvgIpc) is 1.08. The SMILES string of the molecule is CC1=NN(c2cc(Br)c(OC3=NCC(=O)C(C4CCC4)=C3)c(Br)c2)C(=O)CC1=O.CC1=NN(c2cc(Cl)c(OC3=NCC(=O)C(C4CC4)=C3)c(Cl)c2)C(=O)CC1=O.CC1=NN(c2cc(Cl)c(OC3=NCC(=O)C(C4CCCC4)=C3)c(Cl)c2)C(=O)CC1=O.CC1=NN(c2cc(Cl)c(OC3=NCC(=O)C(C4CCCCC4)=C3)c(Cl)c2)C(=O)CC1=O.N#CC1=NN(c2cc(Br)c(OC3=NCC(=O)C(C4CCC4)=C3)c(Br)c2)C(=O)CC1=O. The van der Waals surface area contributed by atoms with Crippen LogP contribution in [-0.2, 0) is 71.9 Å². The van der Waals surface area contributed by atoms with Crippen LogP contribution < -0.4 is 48.7 Å². The van der Waals surface area contributed by atoms with Gasteiger partial charge in [-0.25, -0.2) is 25.0 Å². The number of hydrazone groups is 5. The molecule has 5 aromatic carbocycles. The normalized spacial score (nSPS) is 20.1. The summed E-state index contributed by atoms with van der Waals surface area (Å²) >= 11 is 52.0. The maximum absolute atomic E-state index is 12.4. The molecule has 764 valence electrons. The van der Waals surface area contributed by atoms with Crippen molar-refractivity contribution in [1.29, 1.82) is 5.26 Å². The molecule has 10 heterocycles. The number of rotatable bonds is 15. The summed E-state index contributed by atoms with van der Waals surface area (Å²) in [7, 11) is 0. The lowest BCUT2D eigenvalue weighted by Gasteiger charge is -2.28. The molecule has 5 aliphatic carbocycles. The molecule has 0 bridgehead atoms. The third-order valence-electron chi connectivity index (χ3n) is 25.9. The largest absolute Gasteiger partial charge is 0.437 e. The van der Waals surface area contributed by atoms with E-state index in [4.69, 9.17) is 98.6 Å². The van der Waals surface area contributed by atoms with Crippen LogP contribution in [-0.4, -0.2) is 178 Å². The van der Waals surface area contributed by atoms with Crippen molar-refractivity contribution in [2.24, 2.45) is 80.1 Å². The van der Waals surface area contributed by atoms with Crippen molar-refractivity contribution in [2.45, 2.75) is 169 Å². The quantitative estimate of drug-likeness (QED) is 0.0878. The van der Waals surface area contributed by atoms with Crippen molar-refractivity contribution in [3.8, 4) is 34.8 Å². The molecular weight excluding hydrogens is 2300 g/mol. The summed E-state index contributed by atoms with van der Waals surface area (Å²) in [4.78, 5) is 201. The molecule has 0 atom stereocenters. The number of Topliss-reactive ketones (excluding diaryl/α,β-unsaturated/α-hetero) is 10. The molecule has 0 radical (unpaired) electrons. The molecule has 46 heteroatoms. The number of ketones is 10. The Bertz CT molecular complexity index is 7070. The van der Waals surface area contributed by atoms with E-state index in [1.54, 1.807) is 81.5 Å². The van der Waals surface area contributed by atoms with Crippen molar-refractivity contribution in [2.75, 3.05) is 57.8 Å². The predicted molar refractivity (Wildman–Crippen MR) is 570 cm³/mol. The second kappa shape index (κ2) is 47.3. The highest BCUT2D eigenvalue weighted by atomic mass is 79.9. The number of hydrogen-bond donors (Lipinski definition) is 0. The van der Waals surface area contributed by atoms with Crippen molar-refractivity contribution in [3.05, 3.63) is 167 Å². The summed E-state index contributed by atoms with van der Waals surface area (Å²) in [5.74, 6) is 0.324. The molecule has 5 amide bonds. The Hall–Kier alpha value is -12.3. The summed E-state index contributed by atoms with van der Waals surface area (Å²) in [6, 6.07) is 17.2. The third-order valence-corrected chi connectivity index (χ3v) is 30.0. The Morgan fingerprint density at radius 1 is 0.270 bits per heavy atom. The highest BCUT2D eigenvalue weighted by Gasteiger charge is 2.40. The van der Waals surface area contributed by atoms with Gasteiger partial charge in [-0.1, -0.05) is 115 Å². The zero-order valence-electron chi connectivity index (χ0n) is 79.2. The van der Waals surface area contributed by atoms with Crippen LogP contribution in [0.3, 0.4) is 0 Å². The van der Waals surface area contributed by atoms with E-state index in [1.165, 1.54) is 54.8 Å². The number of carbonyl (C=O) groups is 15. The fraction of sp³-hybridized carbons (Fsp3) is 0.353. The molecule has 5 saturated carbocycles. The number of ether oxygens (including phenoxy) is 5. The first kappa shape index (κ1) is 108. The van der Waals surface area contributed by atoms with Crippen LogP contribution in [0.2, 0.25) is 30.1 Å². The Balaban J connectivity index is 0.000000132. The van der Waals surface area contributed by atoms with Crippen LogP contribution in [0.25, 0.3) is 0 Å². The standard InChI is InChI=1S/C22H21Cl2N3O4.C21H19Cl2N3O4.C20H14Br2N4O4.C20H17Br2N3O4.C19H15Cl2N3O4/c1-12-18(28)10-21(30)27(26-12)14-7-16(23)22(17(24)8-14)31-20-9-15(19(29)11-25-20)13-5-3-2-4-6-13;1-11-17(27)9-20(29)26(25-11)13-6-15(22)21(16(23)7-13)30-19-8-14(18(28)10-24-19)12-4-2-3-5-12;21-13-4-11(26-19(29)7-16(27)15(8-23)25-26)5-14(22)20(13)30-18-6-12(10-2-1-3-10)17(28)9-24-18;1-10-16(26)8-19(28)25(24-10)12-5-14(21)20(15(22)6-12)29-18-7-13(11-3-2-4-11)17(27)9-23-18;1-9-15(25)7-18(27)24(23-9)11-4-13(20)19(14(21)5-11)28-17-6-12(10-2-3-10)16(26)8-22-17/h7-9,13H,2-6,10-11H2,1H3;6-8,12H,2-5,9-10H2,1H3;4-6,10H,1-3,7,9H2;5-7,11H,2-4,8-9H2,1H3;4-6,10H,2-3,7-8H2,1H3. The van der Waals surface area contributed by atoms with E-state index in [0.717, 1.165) is 151 Å². The van der Waals surface area contributed by atoms with Crippen molar-refractivity contribution >= 4 is 307 Å². The molecule has 0 spiro atoms. The number of nitriles is 1. The van der Waals surface area contributed by atoms with Gasteiger partial charge in [0.05, 0.1) is 109 Å². The number of nitrogens with zero attached hydrogens (tertiary/aromatic N) is 16. The Morgan fingerprint density at radius 3 is 0.696 bits per heavy atom. The molecule has 10 aliphatic heterocycles. The Labute approximate surface area is 909 Å². The lowest BCUT2D eigenvalue weighted by atomic mass is 9.77.